The van der Waals surface area contributed by atoms with Gasteiger partial charge in [0.1, 0.15) is 17.4 Å². The Kier molecular flexibility index (Phi) is 7.62. The Balaban J connectivity index is 1.27. The number of nitrogens with zero attached hydrogens (tertiary/aromatic N) is 2. The van der Waals surface area contributed by atoms with Crippen molar-refractivity contribution in [1.82, 2.24) is 15.3 Å². The van der Waals surface area contributed by atoms with Gasteiger partial charge in [-0.25, -0.2) is 4.98 Å². The van der Waals surface area contributed by atoms with Gasteiger partial charge in [0.25, 0.3) is 5.91 Å². The second kappa shape index (κ2) is 11.2. The summed E-state index contributed by atoms with van der Waals surface area (Å²) >= 11 is 1.46. The Bertz CT molecular complexity index is 1260. The number of rotatable bonds is 9. The molecule has 0 aliphatic carbocycles. The minimum absolute atomic E-state index is 0.136. The molecule has 0 saturated carbocycles. The van der Waals surface area contributed by atoms with E-state index in [9.17, 15) is 9.59 Å². The highest BCUT2D eigenvalue weighted by Gasteiger charge is 2.11. The van der Waals surface area contributed by atoms with E-state index < -0.39 is 0 Å². The fourth-order valence-electron chi connectivity index (χ4n) is 3.16. The summed E-state index contributed by atoms with van der Waals surface area (Å²) < 4.78 is 5.75. The van der Waals surface area contributed by atoms with E-state index in [2.05, 4.69) is 20.6 Å². The first-order valence-corrected chi connectivity index (χ1v) is 11.6. The van der Waals surface area contributed by atoms with Crippen molar-refractivity contribution in [3.05, 3.63) is 106 Å². The van der Waals surface area contributed by atoms with Crippen molar-refractivity contribution in [1.29, 1.82) is 0 Å². The summed E-state index contributed by atoms with van der Waals surface area (Å²) in [7, 11) is 0. The van der Waals surface area contributed by atoms with E-state index >= 15 is 0 Å². The Morgan fingerprint density at radius 2 is 1.85 bits per heavy atom. The van der Waals surface area contributed by atoms with Gasteiger partial charge in [-0.2, -0.15) is 0 Å². The smallest absolute Gasteiger partial charge is 0.251 e. The van der Waals surface area contributed by atoms with E-state index in [1.807, 2.05) is 54.8 Å². The van der Waals surface area contributed by atoms with E-state index in [1.54, 1.807) is 30.5 Å². The molecule has 2 amide bonds. The molecule has 0 unspecified atom stereocenters. The van der Waals surface area contributed by atoms with Gasteiger partial charge in [-0.05, 0) is 49.4 Å². The zero-order valence-electron chi connectivity index (χ0n) is 18.7. The van der Waals surface area contributed by atoms with Crippen molar-refractivity contribution in [3.8, 4) is 5.75 Å². The van der Waals surface area contributed by atoms with Gasteiger partial charge in [-0.1, -0.05) is 29.8 Å². The second-order valence-electron chi connectivity index (χ2n) is 7.64. The number of thiazole rings is 1. The van der Waals surface area contributed by atoms with Crippen LogP contribution in [0.25, 0.3) is 0 Å². The molecule has 0 atom stereocenters. The largest absolute Gasteiger partial charge is 0.486 e. The Hall–Kier alpha value is -4.04. The van der Waals surface area contributed by atoms with Crippen LogP contribution in [0, 0.1) is 6.92 Å². The molecular formula is C26H24N4O3S. The molecule has 4 rings (SSSR count). The second-order valence-corrected chi connectivity index (χ2v) is 8.59. The fourth-order valence-corrected chi connectivity index (χ4v) is 3.86. The summed E-state index contributed by atoms with van der Waals surface area (Å²) in [4.78, 5) is 33.6. The van der Waals surface area contributed by atoms with Gasteiger partial charge in [-0.3, -0.25) is 14.6 Å². The van der Waals surface area contributed by atoms with Gasteiger partial charge in [-0.15, -0.1) is 11.3 Å². The van der Waals surface area contributed by atoms with E-state index in [0.29, 0.717) is 30.1 Å². The highest BCUT2D eigenvalue weighted by Crippen LogP contribution is 2.17. The van der Waals surface area contributed by atoms with Crippen molar-refractivity contribution in [2.24, 2.45) is 0 Å². The van der Waals surface area contributed by atoms with E-state index in [-0.39, 0.29) is 18.2 Å². The van der Waals surface area contributed by atoms with E-state index in [0.717, 1.165) is 16.5 Å². The maximum atomic E-state index is 12.5. The van der Waals surface area contributed by atoms with Crippen LogP contribution in [0.4, 0.5) is 5.69 Å². The molecule has 2 N–H and O–H groups in total. The van der Waals surface area contributed by atoms with Gasteiger partial charge in [0, 0.05) is 22.8 Å². The molecule has 0 saturated heterocycles. The van der Waals surface area contributed by atoms with Gasteiger partial charge in [0.05, 0.1) is 24.4 Å². The molecule has 2 heterocycles. The van der Waals surface area contributed by atoms with Gasteiger partial charge >= 0.3 is 0 Å². The lowest BCUT2D eigenvalue weighted by Crippen LogP contribution is -2.23. The molecule has 0 aliphatic rings. The van der Waals surface area contributed by atoms with Crippen molar-refractivity contribution in [2.45, 2.75) is 26.5 Å². The van der Waals surface area contributed by atoms with Crippen LogP contribution >= 0.6 is 11.3 Å². The van der Waals surface area contributed by atoms with Crippen LogP contribution in [0.5, 0.6) is 5.75 Å². The molecule has 0 spiro atoms. The number of nitrogens with one attached hydrogen (secondary N) is 2. The molecular weight excluding hydrogens is 448 g/mol. The lowest BCUT2D eigenvalue weighted by molar-refractivity contribution is -0.115. The van der Waals surface area contributed by atoms with Crippen molar-refractivity contribution in [3.63, 3.8) is 0 Å². The number of aryl methyl sites for hydroxylation is 1. The number of carbonyl (C=O) groups is 2. The van der Waals surface area contributed by atoms with Crippen LogP contribution in [-0.4, -0.2) is 21.8 Å². The number of carbonyl (C=O) groups excluding carboxylic acids is 2. The monoisotopic (exact) mass is 472 g/mol. The van der Waals surface area contributed by atoms with Gasteiger partial charge < -0.3 is 15.4 Å². The molecule has 34 heavy (non-hydrogen) atoms. The van der Waals surface area contributed by atoms with Crippen LogP contribution in [0.2, 0.25) is 0 Å². The maximum Gasteiger partial charge on any atom is 0.251 e. The van der Waals surface area contributed by atoms with Crippen LogP contribution in [0.15, 0.2) is 78.3 Å². The predicted molar refractivity (Wildman–Crippen MR) is 132 cm³/mol. The topological polar surface area (TPSA) is 93.2 Å². The van der Waals surface area contributed by atoms with Crippen LogP contribution in [0.1, 0.15) is 32.3 Å². The quantitative estimate of drug-likeness (QED) is 0.373. The number of aromatic nitrogens is 2. The van der Waals surface area contributed by atoms with E-state index in [1.165, 1.54) is 16.9 Å². The minimum atomic E-state index is -0.237. The molecule has 2 aromatic carbocycles. The lowest BCUT2D eigenvalue weighted by atomic mass is 10.2. The molecule has 172 valence electrons. The third kappa shape index (κ3) is 6.73. The highest BCUT2D eigenvalue weighted by atomic mass is 32.1. The average molecular weight is 473 g/mol. The number of ether oxygens (including phenoxy) is 1. The summed E-state index contributed by atoms with van der Waals surface area (Å²) in [5.41, 5.74) is 3.62. The van der Waals surface area contributed by atoms with Crippen LogP contribution < -0.4 is 15.4 Å². The van der Waals surface area contributed by atoms with E-state index in [4.69, 9.17) is 4.74 Å². The highest BCUT2D eigenvalue weighted by molar-refractivity contribution is 7.09. The molecule has 0 aliphatic heterocycles. The third-order valence-electron chi connectivity index (χ3n) is 4.89. The first-order chi connectivity index (χ1) is 16.5. The number of amides is 2. The summed E-state index contributed by atoms with van der Waals surface area (Å²) in [5, 5.41) is 8.32. The van der Waals surface area contributed by atoms with Crippen LogP contribution in [0.3, 0.4) is 0 Å². The number of hydrogen-bond acceptors (Lipinski definition) is 6. The maximum absolute atomic E-state index is 12.5. The lowest BCUT2D eigenvalue weighted by Gasteiger charge is -2.08. The third-order valence-corrected chi connectivity index (χ3v) is 5.76. The Labute approximate surface area is 201 Å². The first-order valence-electron chi connectivity index (χ1n) is 10.8. The predicted octanol–water partition coefficient (Wildman–Crippen LogP) is 4.54. The molecule has 7 nitrogen and oxygen atoms in total. The first kappa shape index (κ1) is 23.1. The number of benzene rings is 2. The fraction of sp³-hybridized carbons (Fsp3) is 0.154. The standard InChI is InChI=1S/C26H24N4O3S/c1-18-8-10-23(11-9-18)33-16-25-30-22(17-34-25)14-24(31)29-20-7-4-5-19(13-20)26(32)28-15-21-6-2-3-12-27-21/h2-13,17H,14-16H2,1H3,(H,28,32)(H,29,31). The summed E-state index contributed by atoms with van der Waals surface area (Å²) in [5.74, 6) is 0.339. The molecule has 2 aromatic heterocycles. The zero-order valence-corrected chi connectivity index (χ0v) is 19.5. The molecule has 0 radical (unpaired) electrons. The van der Waals surface area contributed by atoms with Gasteiger partial charge in [0.15, 0.2) is 0 Å². The van der Waals surface area contributed by atoms with Crippen LogP contribution in [-0.2, 0) is 24.4 Å². The molecule has 0 bridgehead atoms. The Morgan fingerprint density at radius 1 is 1.00 bits per heavy atom. The number of hydrogen-bond donors (Lipinski definition) is 2. The average Bonchev–Trinajstić information content (AvgIpc) is 3.30. The number of pyridine rings is 1. The molecule has 0 fully saturated rings. The van der Waals surface area contributed by atoms with Crippen molar-refractivity contribution >= 4 is 28.8 Å². The normalized spacial score (nSPS) is 10.5. The SMILES string of the molecule is Cc1ccc(OCc2nc(CC(=O)Nc3cccc(C(=O)NCc4ccccn4)c3)cs2)cc1. The van der Waals surface area contributed by atoms with Gasteiger partial charge in [0.2, 0.25) is 5.91 Å². The summed E-state index contributed by atoms with van der Waals surface area (Å²) in [6.07, 6.45) is 1.82. The zero-order chi connectivity index (χ0) is 23.8. The Morgan fingerprint density at radius 3 is 2.65 bits per heavy atom. The summed E-state index contributed by atoms with van der Waals surface area (Å²) in [6, 6.07) is 20.2. The molecule has 4 aromatic rings. The summed E-state index contributed by atoms with van der Waals surface area (Å²) in [6.45, 7) is 2.71. The van der Waals surface area contributed by atoms with Crippen molar-refractivity contribution < 1.29 is 14.3 Å². The van der Waals surface area contributed by atoms with Crippen molar-refractivity contribution in [2.75, 3.05) is 5.32 Å². The molecule has 8 heteroatoms. The minimum Gasteiger partial charge on any atom is -0.486 e. The number of anilines is 1.